The zero-order valence-corrected chi connectivity index (χ0v) is 17.4. The molecule has 8 nitrogen and oxygen atoms in total. The highest BCUT2D eigenvalue weighted by atomic mass is 35.5. The summed E-state index contributed by atoms with van der Waals surface area (Å²) in [6, 6.07) is 11.4. The van der Waals surface area contributed by atoms with Crippen molar-refractivity contribution in [1.29, 1.82) is 0 Å². The number of halogens is 1. The van der Waals surface area contributed by atoms with Crippen LogP contribution < -0.4 is 14.8 Å². The standard InChI is InChI=1S/C19H21ClN2O6S/c1-13(22-29(25,26)17-9-5-15(20)6-10-17)19(24)28-12-18(23)21-11-14-3-7-16(27-2)8-4-14/h3-10,13,22H,11-12H2,1-2H3,(H,21,23)/t13-/m0/s1. The van der Waals surface area contributed by atoms with E-state index in [4.69, 9.17) is 21.1 Å². The van der Waals surface area contributed by atoms with E-state index < -0.39 is 34.5 Å². The number of benzene rings is 2. The lowest BCUT2D eigenvalue weighted by Gasteiger charge is -2.14. The van der Waals surface area contributed by atoms with Crippen LogP contribution in [0.2, 0.25) is 5.02 Å². The predicted molar refractivity (Wildman–Crippen MR) is 107 cm³/mol. The molecule has 0 aliphatic heterocycles. The molecule has 0 bridgehead atoms. The first-order valence-electron chi connectivity index (χ1n) is 8.55. The van der Waals surface area contributed by atoms with Crippen molar-refractivity contribution in [1.82, 2.24) is 10.0 Å². The molecule has 0 saturated heterocycles. The number of nitrogens with one attached hydrogen (secondary N) is 2. The van der Waals surface area contributed by atoms with Crippen molar-refractivity contribution >= 4 is 33.5 Å². The summed E-state index contributed by atoms with van der Waals surface area (Å²) in [5, 5.41) is 2.99. The van der Waals surface area contributed by atoms with Gasteiger partial charge in [-0.3, -0.25) is 9.59 Å². The van der Waals surface area contributed by atoms with Crippen molar-refractivity contribution in [3.05, 3.63) is 59.1 Å². The van der Waals surface area contributed by atoms with Gasteiger partial charge in [-0.2, -0.15) is 4.72 Å². The second kappa shape index (κ2) is 10.2. The topological polar surface area (TPSA) is 111 Å². The Hall–Kier alpha value is -2.62. The number of hydrogen-bond acceptors (Lipinski definition) is 6. The van der Waals surface area contributed by atoms with Gasteiger partial charge >= 0.3 is 5.97 Å². The summed E-state index contributed by atoms with van der Waals surface area (Å²) in [7, 11) is -2.37. The highest BCUT2D eigenvalue weighted by Gasteiger charge is 2.23. The third-order valence-corrected chi connectivity index (χ3v) is 5.61. The number of amides is 1. The minimum absolute atomic E-state index is 0.0428. The summed E-state index contributed by atoms with van der Waals surface area (Å²) in [5.41, 5.74) is 0.842. The molecule has 0 heterocycles. The maximum atomic E-state index is 12.3. The first kappa shape index (κ1) is 22.7. The molecule has 0 spiro atoms. The quantitative estimate of drug-likeness (QED) is 0.576. The lowest BCUT2D eigenvalue weighted by atomic mass is 10.2. The highest BCUT2D eigenvalue weighted by molar-refractivity contribution is 7.89. The van der Waals surface area contributed by atoms with Crippen molar-refractivity contribution in [3.63, 3.8) is 0 Å². The van der Waals surface area contributed by atoms with Gasteiger partial charge in [-0.1, -0.05) is 23.7 Å². The summed E-state index contributed by atoms with van der Waals surface area (Å²) >= 11 is 5.73. The van der Waals surface area contributed by atoms with E-state index in [2.05, 4.69) is 10.0 Å². The lowest BCUT2D eigenvalue weighted by Crippen LogP contribution is -2.40. The second-order valence-electron chi connectivity index (χ2n) is 6.03. The van der Waals surface area contributed by atoms with Gasteiger partial charge in [0.05, 0.1) is 12.0 Å². The molecule has 0 aromatic heterocycles. The van der Waals surface area contributed by atoms with E-state index in [1.54, 1.807) is 31.4 Å². The van der Waals surface area contributed by atoms with Crippen LogP contribution >= 0.6 is 11.6 Å². The average molecular weight is 441 g/mol. The van der Waals surface area contributed by atoms with Gasteiger partial charge in [0.15, 0.2) is 6.61 Å². The third-order valence-electron chi connectivity index (χ3n) is 3.80. The van der Waals surface area contributed by atoms with Crippen LogP contribution in [0, 0.1) is 0 Å². The van der Waals surface area contributed by atoms with Crippen LogP contribution in [0.5, 0.6) is 5.75 Å². The number of carbonyl (C=O) groups is 2. The Kier molecular flexibility index (Phi) is 8.00. The number of carbonyl (C=O) groups excluding carboxylic acids is 2. The van der Waals surface area contributed by atoms with Crippen molar-refractivity contribution in [2.45, 2.75) is 24.4 Å². The zero-order chi connectivity index (χ0) is 21.4. The maximum absolute atomic E-state index is 12.3. The molecule has 0 radical (unpaired) electrons. The SMILES string of the molecule is COc1ccc(CNC(=O)COC(=O)[C@H](C)NS(=O)(=O)c2ccc(Cl)cc2)cc1. The summed E-state index contributed by atoms with van der Waals surface area (Å²) in [5.74, 6) is -0.687. The van der Waals surface area contributed by atoms with Gasteiger partial charge in [0, 0.05) is 11.6 Å². The average Bonchev–Trinajstić information content (AvgIpc) is 2.70. The van der Waals surface area contributed by atoms with Gasteiger partial charge in [-0.05, 0) is 48.9 Å². The van der Waals surface area contributed by atoms with Crippen LogP contribution in [0.25, 0.3) is 0 Å². The normalized spacial score (nSPS) is 12.1. The molecule has 10 heteroatoms. The van der Waals surface area contributed by atoms with Crippen LogP contribution in [-0.4, -0.2) is 40.1 Å². The smallest absolute Gasteiger partial charge is 0.324 e. The fraction of sp³-hybridized carbons (Fsp3) is 0.263. The van der Waals surface area contributed by atoms with Crippen LogP contribution in [-0.2, 0) is 30.9 Å². The van der Waals surface area contributed by atoms with E-state index in [0.717, 1.165) is 5.56 Å². The monoisotopic (exact) mass is 440 g/mol. The molecule has 29 heavy (non-hydrogen) atoms. The minimum atomic E-state index is -3.93. The molecule has 2 aromatic rings. The zero-order valence-electron chi connectivity index (χ0n) is 15.8. The Morgan fingerprint density at radius 2 is 1.69 bits per heavy atom. The first-order valence-corrected chi connectivity index (χ1v) is 10.4. The van der Waals surface area contributed by atoms with Gasteiger partial charge in [0.1, 0.15) is 11.8 Å². The Balaban J connectivity index is 1.79. The van der Waals surface area contributed by atoms with Gasteiger partial charge in [-0.25, -0.2) is 8.42 Å². The molecule has 2 rings (SSSR count). The summed E-state index contributed by atoms with van der Waals surface area (Å²) in [6.45, 7) is 1.05. The fourth-order valence-corrected chi connectivity index (χ4v) is 3.54. The van der Waals surface area contributed by atoms with Gasteiger partial charge in [0.2, 0.25) is 10.0 Å². The molecule has 2 aromatic carbocycles. The molecule has 2 N–H and O–H groups in total. The number of hydrogen-bond donors (Lipinski definition) is 2. The van der Waals surface area contributed by atoms with Crippen LogP contribution in [0.4, 0.5) is 0 Å². The van der Waals surface area contributed by atoms with Gasteiger partial charge in [0.25, 0.3) is 5.91 Å². The van der Waals surface area contributed by atoms with Crippen molar-refractivity contribution in [2.24, 2.45) is 0 Å². The molecule has 1 amide bonds. The third kappa shape index (κ3) is 7.04. The van der Waals surface area contributed by atoms with Crippen molar-refractivity contribution < 1.29 is 27.5 Å². The molecule has 156 valence electrons. The molecule has 0 aliphatic rings. The van der Waals surface area contributed by atoms with Crippen LogP contribution in [0.3, 0.4) is 0 Å². The summed E-state index contributed by atoms with van der Waals surface area (Å²) in [6.07, 6.45) is 0. The van der Waals surface area contributed by atoms with E-state index >= 15 is 0 Å². The van der Waals surface area contributed by atoms with E-state index in [1.165, 1.54) is 31.2 Å². The molecule has 0 fully saturated rings. The number of esters is 1. The molecular formula is C19H21ClN2O6S. The Morgan fingerprint density at radius 3 is 2.28 bits per heavy atom. The number of methoxy groups -OCH3 is 1. The van der Waals surface area contributed by atoms with Gasteiger partial charge in [-0.15, -0.1) is 0 Å². The van der Waals surface area contributed by atoms with Gasteiger partial charge < -0.3 is 14.8 Å². The van der Waals surface area contributed by atoms with Crippen molar-refractivity contribution in [3.8, 4) is 5.75 Å². The van der Waals surface area contributed by atoms with E-state index in [-0.39, 0.29) is 11.4 Å². The Morgan fingerprint density at radius 1 is 1.07 bits per heavy atom. The predicted octanol–water partition coefficient (Wildman–Crippen LogP) is 1.87. The van der Waals surface area contributed by atoms with Crippen LogP contribution in [0.15, 0.2) is 53.4 Å². The van der Waals surface area contributed by atoms with E-state index in [1.807, 2.05) is 0 Å². The lowest BCUT2D eigenvalue weighted by molar-refractivity contribution is -0.149. The molecule has 0 unspecified atom stereocenters. The second-order valence-corrected chi connectivity index (χ2v) is 8.18. The Labute approximate surface area is 174 Å². The first-order chi connectivity index (χ1) is 13.7. The van der Waals surface area contributed by atoms with Crippen LogP contribution in [0.1, 0.15) is 12.5 Å². The fourth-order valence-electron chi connectivity index (χ4n) is 2.22. The summed E-state index contributed by atoms with van der Waals surface area (Å²) in [4.78, 5) is 23.8. The number of sulfonamides is 1. The van der Waals surface area contributed by atoms with Crippen molar-refractivity contribution in [2.75, 3.05) is 13.7 Å². The molecule has 1 atom stereocenters. The molecule has 0 saturated carbocycles. The van der Waals surface area contributed by atoms with E-state index in [0.29, 0.717) is 10.8 Å². The molecule has 0 aliphatic carbocycles. The Bertz CT molecular complexity index is 946. The number of rotatable bonds is 9. The number of ether oxygens (including phenoxy) is 2. The summed E-state index contributed by atoms with van der Waals surface area (Å²) < 4.78 is 36.6. The largest absolute Gasteiger partial charge is 0.497 e. The van der Waals surface area contributed by atoms with E-state index in [9.17, 15) is 18.0 Å². The maximum Gasteiger partial charge on any atom is 0.324 e. The minimum Gasteiger partial charge on any atom is -0.497 e. The highest BCUT2D eigenvalue weighted by Crippen LogP contribution is 2.14. The molecular weight excluding hydrogens is 420 g/mol.